The van der Waals surface area contributed by atoms with Crippen LogP contribution in [0.2, 0.25) is 0 Å². The molecule has 1 aliphatic heterocycles. The van der Waals surface area contributed by atoms with Crippen LogP contribution in [0.3, 0.4) is 0 Å². The lowest BCUT2D eigenvalue weighted by Crippen LogP contribution is -2.37. The molecule has 0 bridgehead atoms. The van der Waals surface area contributed by atoms with E-state index < -0.39 is 0 Å². The number of nitrogens with one attached hydrogen (secondary N) is 1. The number of aromatic nitrogens is 4. The van der Waals surface area contributed by atoms with Gasteiger partial charge in [0.05, 0.1) is 5.70 Å². The Morgan fingerprint density at radius 2 is 1.58 bits per heavy atom. The molecule has 0 unspecified atom stereocenters. The summed E-state index contributed by atoms with van der Waals surface area (Å²) >= 11 is 0. The average molecular weight is 437 g/mol. The number of amides is 1. The van der Waals surface area contributed by atoms with Gasteiger partial charge in [-0.25, -0.2) is 0 Å². The van der Waals surface area contributed by atoms with Gasteiger partial charge in [-0.3, -0.25) is 9.69 Å². The van der Waals surface area contributed by atoms with E-state index in [4.69, 9.17) is 0 Å². The predicted molar refractivity (Wildman–Crippen MR) is 129 cm³/mol. The quantitative estimate of drug-likeness (QED) is 0.503. The molecule has 3 aromatic carbocycles. The third kappa shape index (κ3) is 4.25. The van der Waals surface area contributed by atoms with Crippen LogP contribution in [0.4, 0.5) is 11.6 Å². The van der Waals surface area contributed by atoms with Crippen LogP contribution in [0.1, 0.15) is 28.3 Å². The number of para-hydroxylation sites is 1. The zero-order valence-corrected chi connectivity index (χ0v) is 18.5. The number of fused-ring (bicyclic) bond motifs is 1. The van der Waals surface area contributed by atoms with Gasteiger partial charge in [0.1, 0.15) is 12.6 Å². The lowest BCUT2D eigenvalue weighted by Gasteiger charge is -2.32. The van der Waals surface area contributed by atoms with E-state index in [1.54, 1.807) is 4.68 Å². The van der Waals surface area contributed by atoms with Crippen molar-refractivity contribution in [1.29, 1.82) is 0 Å². The first-order valence-corrected chi connectivity index (χ1v) is 10.8. The van der Waals surface area contributed by atoms with Gasteiger partial charge in [0.15, 0.2) is 0 Å². The minimum absolute atomic E-state index is 0.0790. The molecule has 1 amide bonds. The van der Waals surface area contributed by atoms with Crippen molar-refractivity contribution in [3.05, 3.63) is 107 Å². The molecule has 0 radical (unpaired) electrons. The summed E-state index contributed by atoms with van der Waals surface area (Å²) in [6.07, 6.45) is 2.12. The van der Waals surface area contributed by atoms with Gasteiger partial charge in [-0.2, -0.15) is 4.68 Å². The van der Waals surface area contributed by atoms with Crippen molar-refractivity contribution in [1.82, 2.24) is 20.2 Å². The second-order valence-electron chi connectivity index (χ2n) is 8.20. The number of aryl methyl sites for hydroxylation is 2. The van der Waals surface area contributed by atoms with Crippen LogP contribution in [0, 0.1) is 13.8 Å². The first-order valence-electron chi connectivity index (χ1n) is 10.8. The molecule has 164 valence electrons. The van der Waals surface area contributed by atoms with Crippen LogP contribution in [0.15, 0.2) is 84.9 Å². The van der Waals surface area contributed by atoms with Crippen molar-refractivity contribution in [2.75, 3.05) is 16.8 Å². The second-order valence-corrected chi connectivity index (χ2v) is 8.20. The zero-order chi connectivity index (χ0) is 22.8. The van der Waals surface area contributed by atoms with Crippen molar-refractivity contribution in [3.63, 3.8) is 0 Å². The summed E-state index contributed by atoms with van der Waals surface area (Å²) in [4.78, 5) is 14.8. The fourth-order valence-corrected chi connectivity index (χ4v) is 3.96. The van der Waals surface area contributed by atoms with E-state index in [2.05, 4.69) is 89.3 Å². The Labute approximate surface area is 192 Å². The first-order chi connectivity index (χ1) is 16.1. The average Bonchev–Trinajstić information content (AvgIpc) is 3.31. The molecule has 33 heavy (non-hydrogen) atoms. The van der Waals surface area contributed by atoms with Gasteiger partial charge in [0, 0.05) is 5.69 Å². The highest BCUT2D eigenvalue weighted by Gasteiger charge is 2.31. The standard InChI is InChI=1S/C26H24N6O/c1-18-8-12-20(13-9-18)23-16-24(21-14-10-19(2)11-15-21)32-26(28-29-30-32)31(23)17-25(33)27-22-6-4-3-5-7-22/h3-16,24H,17H2,1-2H3,(H,27,33)/t24-/m0/s1. The number of carbonyl (C=O) groups is 1. The van der Waals surface area contributed by atoms with Gasteiger partial charge in [-0.05, 0) is 53.6 Å². The number of benzene rings is 3. The molecule has 0 fully saturated rings. The summed E-state index contributed by atoms with van der Waals surface area (Å²) in [5, 5.41) is 15.4. The van der Waals surface area contributed by atoms with Crippen molar-refractivity contribution in [2.24, 2.45) is 0 Å². The Hall–Kier alpha value is -4.26. The van der Waals surface area contributed by atoms with Crippen molar-refractivity contribution in [2.45, 2.75) is 19.9 Å². The molecule has 0 aliphatic carbocycles. The number of allylic oxidation sites excluding steroid dienone is 1. The Bertz CT molecular complexity index is 1290. The van der Waals surface area contributed by atoms with Crippen molar-refractivity contribution >= 4 is 23.2 Å². The van der Waals surface area contributed by atoms with E-state index in [-0.39, 0.29) is 18.5 Å². The van der Waals surface area contributed by atoms with Gasteiger partial charge in [0.2, 0.25) is 5.91 Å². The summed E-state index contributed by atoms with van der Waals surface area (Å²) in [6.45, 7) is 4.20. The summed E-state index contributed by atoms with van der Waals surface area (Å²) < 4.78 is 1.76. The zero-order valence-electron chi connectivity index (χ0n) is 18.5. The number of rotatable bonds is 5. The van der Waals surface area contributed by atoms with Crippen molar-refractivity contribution in [3.8, 4) is 0 Å². The minimum Gasteiger partial charge on any atom is -0.325 e. The molecule has 7 heteroatoms. The van der Waals surface area contributed by atoms with E-state index in [1.807, 2.05) is 35.2 Å². The van der Waals surface area contributed by atoms with E-state index in [0.717, 1.165) is 22.5 Å². The Morgan fingerprint density at radius 3 is 2.27 bits per heavy atom. The van der Waals surface area contributed by atoms with Crippen LogP contribution < -0.4 is 10.2 Å². The van der Waals surface area contributed by atoms with Crippen LogP contribution in [-0.4, -0.2) is 32.7 Å². The van der Waals surface area contributed by atoms with Gasteiger partial charge in [0.25, 0.3) is 5.95 Å². The Morgan fingerprint density at radius 1 is 0.909 bits per heavy atom. The normalized spacial score (nSPS) is 15.0. The molecular weight excluding hydrogens is 412 g/mol. The smallest absolute Gasteiger partial charge is 0.251 e. The third-order valence-electron chi connectivity index (χ3n) is 5.71. The lowest BCUT2D eigenvalue weighted by atomic mass is 9.99. The maximum absolute atomic E-state index is 13.0. The van der Waals surface area contributed by atoms with Crippen molar-refractivity contribution < 1.29 is 4.79 Å². The molecule has 0 spiro atoms. The first kappa shape index (κ1) is 20.6. The van der Waals surface area contributed by atoms with Gasteiger partial charge in [-0.1, -0.05) is 83.0 Å². The molecule has 7 nitrogen and oxygen atoms in total. The molecule has 0 saturated heterocycles. The SMILES string of the molecule is Cc1ccc(C2=C[C@@H](c3ccc(C)cc3)n3nnnc3N2CC(=O)Nc2ccccc2)cc1. The minimum atomic E-state index is -0.180. The fourth-order valence-electron chi connectivity index (χ4n) is 3.96. The molecular formula is C26H24N6O. The van der Waals surface area contributed by atoms with Gasteiger partial charge >= 0.3 is 0 Å². The number of anilines is 2. The second kappa shape index (κ2) is 8.70. The van der Waals surface area contributed by atoms with E-state index in [1.165, 1.54) is 11.1 Å². The molecule has 2 heterocycles. The number of carbonyl (C=O) groups excluding carboxylic acids is 1. The van der Waals surface area contributed by atoms with E-state index >= 15 is 0 Å². The number of hydrogen-bond acceptors (Lipinski definition) is 5. The monoisotopic (exact) mass is 436 g/mol. The van der Waals surface area contributed by atoms with E-state index in [0.29, 0.717) is 5.95 Å². The number of hydrogen-bond donors (Lipinski definition) is 1. The highest BCUT2D eigenvalue weighted by molar-refractivity contribution is 5.97. The summed E-state index contributed by atoms with van der Waals surface area (Å²) in [6, 6.07) is 25.8. The highest BCUT2D eigenvalue weighted by Crippen LogP contribution is 2.36. The third-order valence-corrected chi connectivity index (χ3v) is 5.71. The molecule has 1 N–H and O–H groups in total. The van der Waals surface area contributed by atoms with Crippen LogP contribution in [-0.2, 0) is 4.79 Å². The summed E-state index contributed by atoms with van der Waals surface area (Å²) in [5.74, 6) is 0.379. The van der Waals surface area contributed by atoms with E-state index in [9.17, 15) is 4.79 Å². The maximum atomic E-state index is 13.0. The highest BCUT2D eigenvalue weighted by atomic mass is 16.2. The molecule has 4 aromatic rings. The molecule has 5 rings (SSSR count). The molecule has 1 atom stereocenters. The fraction of sp³-hybridized carbons (Fsp3) is 0.154. The van der Waals surface area contributed by atoms with Crippen LogP contribution in [0.5, 0.6) is 0 Å². The Balaban J connectivity index is 1.55. The molecule has 1 aromatic heterocycles. The Kier molecular flexibility index (Phi) is 5.44. The number of tetrazole rings is 1. The van der Waals surface area contributed by atoms with Gasteiger partial charge < -0.3 is 5.32 Å². The van der Waals surface area contributed by atoms with Gasteiger partial charge in [-0.15, -0.1) is 0 Å². The number of nitrogens with zero attached hydrogens (tertiary/aromatic N) is 5. The summed E-state index contributed by atoms with van der Waals surface area (Å²) in [5.41, 5.74) is 6.08. The van der Waals surface area contributed by atoms with Crippen LogP contribution >= 0.6 is 0 Å². The topological polar surface area (TPSA) is 75.9 Å². The van der Waals surface area contributed by atoms with Crippen LogP contribution in [0.25, 0.3) is 5.70 Å². The predicted octanol–water partition coefficient (Wildman–Crippen LogP) is 4.38. The molecule has 0 saturated carbocycles. The lowest BCUT2D eigenvalue weighted by molar-refractivity contribution is -0.114. The largest absolute Gasteiger partial charge is 0.325 e. The maximum Gasteiger partial charge on any atom is 0.251 e. The summed E-state index contributed by atoms with van der Waals surface area (Å²) in [7, 11) is 0. The molecule has 1 aliphatic rings.